The second-order valence-electron chi connectivity index (χ2n) is 8.70. The van der Waals surface area contributed by atoms with Crippen molar-refractivity contribution < 1.29 is 18.7 Å². The van der Waals surface area contributed by atoms with Crippen LogP contribution in [0.3, 0.4) is 0 Å². The van der Waals surface area contributed by atoms with Crippen molar-refractivity contribution in [3.05, 3.63) is 66.4 Å². The Morgan fingerprint density at radius 3 is 2.70 bits per heavy atom. The molecule has 3 aromatic heterocycles. The predicted molar refractivity (Wildman–Crippen MR) is 133 cm³/mol. The van der Waals surface area contributed by atoms with Crippen molar-refractivity contribution in [1.82, 2.24) is 24.9 Å². The molecule has 37 heavy (non-hydrogen) atoms. The fourth-order valence-electron chi connectivity index (χ4n) is 4.73. The number of aromatic nitrogens is 5. The molecule has 6 rings (SSSR count). The van der Waals surface area contributed by atoms with Gasteiger partial charge in [0.15, 0.2) is 11.5 Å². The van der Waals surface area contributed by atoms with Crippen molar-refractivity contribution in [2.24, 2.45) is 5.73 Å². The molecule has 0 unspecified atom stereocenters. The molecule has 0 radical (unpaired) electrons. The summed E-state index contributed by atoms with van der Waals surface area (Å²) >= 11 is 1.25. The van der Waals surface area contributed by atoms with E-state index in [1.165, 1.54) is 31.3 Å². The number of carbonyl (C=O) groups excluding carboxylic acids is 1. The van der Waals surface area contributed by atoms with E-state index in [1.54, 1.807) is 18.5 Å². The number of hydrogen-bond donors (Lipinski definition) is 1. The Balaban J connectivity index is 1.22. The molecule has 0 saturated carbocycles. The SMILES string of the molecule is COC(=O)c1nc(Sc2ccnc(-c3ncco3)n2)cnc1N1CCC2(CC1)Oc1ccccc1[C@H]2N. The van der Waals surface area contributed by atoms with E-state index in [2.05, 4.69) is 24.9 Å². The Kier molecular flexibility index (Phi) is 5.97. The third-order valence-electron chi connectivity index (χ3n) is 6.62. The fourth-order valence-corrected chi connectivity index (χ4v) is 5.45. The molecular weight excluding hydrogens is 494 g/mol. The van der Waals surface area contributed by atoms with Crippen molar-refractivity contribution in [1.29, 1.82) is 0 Å². The van der Waals surface area contributed by atoms with Gasteiger partial charge in [0.25, 0.3) is 5.89 Å². The number of esters is 1. The minimum Gasteiger partial charge on any atom is -0.485 e. The molecule has 2 aliphatic rings. The maximum atomic E-state index is 12.7. The highest BCUT2D eigenvalue weighted by molar-refractivity contribution is 7.99. The average Bonchev–Trinajstić information content (AvgIpc) is 3.57. The summed E-state index contributed by atoms with van der Waals surface area (Å²) in [5, 5.41) is 1.10. The Bertz CT molecular complexity index is 1440. The fraction of sp³-hybridized carbons (Fsp3) is 0.280. The molecule has 0 amide bonds. The number of rotatable bonds is 5. The van der Waals surface area contributed by atoms with Gasteiger partial charge in [-0.05, 0) is 23.9 Å². The van der Waals surface area contributed by atoms with Gasteiger partial charge in [-0.1, -0.05) is 18.2 Å². The molecule has 2 aliphatic heterocycles. The molecule has 11 nitrogen and oxygen atoms in total. The van der Waals surface area contributed by atoms with Gasteiger partial charge in [-0.25, -0.2) is 29.7 Å². The maximum Gasteiger partial charge on any atom is 0.360 e. The second kappa shape index (κ2) is 9.45. The summed E-state index contributed by atoms with van der Waals surface area (Å²) in [6.07, 6.45) is 7.59. The number of nitrogens with two attached hydrogens (primary N) is 1. The van der Waals surface area contributed by atoms with Crippen LogP contribution in [0.15, 0.2) is 69.7 Å². The third-order valence-corrected chi connectivity index (χ3v) is 7.46. The zero-order chi connectivity index (χ0) is 25.4. The molecular formula is C25H23N7O4S. The van der Waals surface area contributed by atoms with Crippen molar-refractivity contribution >= 4 is 23.5 Å². The number of nitrogens with zero attached hydrogens (tertiary/aromatic N) is 6. The summed E-state index contributed by atoms with van der Waals surface area (Å²) in [5.41, 5.74) is 7.31. The van der Waals surface area contributed by atoms with Gasteiger partial charge in [0.05, 0.1) is 25.5 Å². The van der Waals surface area contributed by atoms with Crippen LogP contribution < -0.4 is 15.4 Å². The molecule has 5 heterocycles. The summed E-state index contributed by atoms with van der Waals surface area (Å²) in [4.78, 5) is 36.6. The van der Waals surface area contributed by atoms with E-state index in [0.717, 1.165) is 11.3 Å². The minimum absolute atomic E-state index is 0.144. The first kappa shape index (κ1) is 23.4. The Morgan fingerprint density at radius 2 is 1.95 bits per heavy atom. The quantitative estimate of drug-likeness (QED) is 0.306. The maximum absolute atomic E-state index is 12.7. The number of methoxy groups -OCH3 is 1. The summed E-state index contributed by atoms with van der Waals surface area (Å²) < 4.78 is 16.6. The Morgan fingerprint density at radius 1 is 1.11 bits per heavy atom. The van der Waals surface area contributed by atoms with Crippen LogP contribution in [0.2, 0.25) is 0 Å². The van der Waals surface area contributed by atoms with Gasteiger partial charge in [0, 0.05) is 37.7 Å². The van der Waals surface area contributed by atoms with E-state index < -0.39 is 11.6 Å². The lowest BCUT2D eigenvalue weighted by Gasteiger charge is -2.41. The van der Waals surface area contributed by atoms with Crippen LogP contribution in [-0.2, 0) is 4.74 Å². The van der Waals surface area contributed by atoms with Gasteiger partial charge in [0.2, 0.25) is 5.82 Å². The van der Waals surface area contributed by atoms with E-state index in [4.69, 9.17) is 19.6 Å². The van der Waals surface area contributed by atoms with Crippen molar-refractivity contribution in [2.75, 3.05) is 25.1 Å². The van der Waals surface area contributed by atoms with Gasteiger partial charge in [0.1, 0.15) is 27.7 Å². The van der Waals surface area contributed by atoms with Gasteiger partial charge in [-0.15, -0.1) is 0 Å². The Hall–Kier alpha value is -4.03. The molecule has 1 atom stereocenters. The van der Waals surface area contributed by atoms with Gasteiger partial charge in [-0.3, -0.25) is 0 Å². The average molecular weight is 518 g/mol. The largest absolute Gasteiger partial charge is 0.485 e. The highest BCUT2D eigenvalue weighted by Crippen LogP contribution is 2.47. The third kappa shape index (κ3) is 4.27. The number of anilines is 1. The molecule has 0 bridgehead atoms. The summed E-state index contributed by atoms with van der Waals surface area (Å²) in [6.45, 7) is 1.22. The normalized spacial score (nSPS) is 17.9. The number of ether oxygens (including phenoxy) is 2. The van der Waals surface area contributed by atoms with Crippen molar-refractivity contribution in [3.8, 4) is 17.5 Å². The topological polar surface area (TPSA) is 142 Å². The number of benzene rings is 1. The van der Waals surface area contributed by atoms with Crippen LogP contribution >= 0.6 is 11.8 Å². The zero-order valence-electron chi connectivity index (χ0n) is 19.9. The summed E-state index contributed by atoms with van der Waals surface area (Å²) in [5.74, 6) is 1.42. The van der Waals surface area contributed by atoms with E-state index in [9.17, 15) is 4.79 Å². The van der Waals surface area contributed by atoms with Crippen molar-refractivity contribution in [3.63, 3.8) is 0 Å². The highest BCUT2D eigenvalue weighted by Gasteiger charge is 2.48. The van der Waals surface area contributed by atoms with Crippen LogP contribution in [0.5, 0.6) is 5.75 Å². The summed E-state index contributed by atoms with van der Waals surface area (Å²) in [7, 11) is 1.33. The van der Waals surface area contributed by atoms with Crippen LogP contribution in [0, 0.1) is 0 Å². The lowest BCUT2D eigenvalue weighted by molar-refractivity contribution is 0.0429. The molecule has 1 spiro atoms. The molecule has 2 N–H and O–H groups in total. The lowest BCUT2D eigenvalue weighted by Crippen LogP contribution is -2.52. The smallest absolute Gasteiger partial charge is 0.360 e. The van der Waals surface area contributed by atoms with Crippen LogP contribution in [0.1, 0.15) is 34.9 Å². The minimum atomic E-state index is -0.561. The van der Waals surface area contributed by atoms with E-state index >= 15 is 0 Å². The first-order valence-corrected chi connectivity index (χ1v) is 12.5. The summed E-state index contributed by atoms with van der Waals surface area (Å²) in [6, 6.07) is 9.43. The Labute approximate surface area is 216 Å². The molecule has 1 saturated heterocycles. The van der Waals surface area contributed by atoms with E-state index in [0.29, 0.717) is 53.5 Å². The number of fused-ring (bicyclic) bond motifs is 1. The van der Waals surface area contributed by atoms with Crippen LogP contribution in [0.25, 0.3) is 11.7 Å². The lowest BCUT2D eigenvalue weighted by atomic mass is 9.83. The predicted octanol–water partition coefficient (Wildman–Crippen LogP) is 3.29. The molecule has 4 aromatic rings. The number of oxazole rings is 1. The monoisotopic (exact) mass is 517 g/mol. The van der Waals surface area contributed by atoms with Crippen LogP contribution in [-0.4, -0.2) is 56.7 Å². The van der Waals surface area contributed by atoms with Crippen molar-refractivity contribution in [2.45, 2.75) is 34.5 Å². The molecule has 1 fully saturated rings. The number of carbonyl (C=O) groups is 1. The molecule has 0 aliphatic carbocycles. The second-order valence-corrected chi connectivity index (χ2v) is 9.74. The standard InChI is InChI=1S/C25H23N7O4S/c1-34-24(33)19-22(32-11-7-25(8-12-32)20(26)15-4-2-3-5-16(15)36-25)29-14-18(30-19)37-17-6-9-27-21(31-17)23-28-10-13-35-23/h2-6,9-10,13-14,20H,7-8,11-12,26H2,1H3/t20-/m1/s1. The number of piperidine rings is 1. The zero-order valence-corrected chi connectivity index (χ0v) is 20.7. The molecule has 1 aromatic carbocycles. The van der Waals surface area contributed by atoms with E-state index in [1.807, 2.05) is 29.2 Å². The molecule has 12 heteroatoms. The highest BCUT2D eigenvalue weighted by atomic mass is 32.2. The number of hydrogen-bond acceptors (Lipinski definition) is 12. The first-order chi connectivity index (χ1) is 18.1. The van der Waals surface area contributed by atoms with Crippen LogP contribution in [0.4, 0.5) is 5.82 Å². The van der Waals surface area contributed by atoms with Gasteiger partial charge < -0.3 is 24.5 Å². The molecule has 188 valence electrons. The van der Waals surface area contributed by atoms with E-state index in [-0.39, 0.29) is 11.7 Å². The number of para-hydroxylation sites is 1. The first-order valence-electron chi connectivity index (χ1n) is 11.7. The van der Waals surface area contributed by atoms with Gasteiger partial charge in [-0.2, -0.15) is 0 Å². The van der Waals surface area contributed by atoms with Gasteiger partial charge >= 0.3 is 5.97 Å².